The number of aromatic nitrogens is 2. The van der Waals surface area contributed by atoms with Gasteiger partial charge in [0.25, 0.3) is 0 Å². The molecule has 0 aliphatic carbocycles. The second-order valence-electron chi connectivity index (χ2n) is 6.44. The van der Waals surface area contributed by atoms with E-state index < -0.39 is 0 Å². The highest BCUT2D eigenvalue weighted by Gasteiger charge is 2.24. The smallest absolute Gasteiger partial charge is 0.318 e. The minimum Gasteiger partial charge on any atom is -0.408 e. The lowest BCUT2D eigenvalue weighted by Gasteiger charge is -2.33. The molecule has 26 heavy (non-hydrogen) atoms. The third-order valence-corrected chi connectivity index (χ3v) is 4.67. The van der Waals surface area contributed by atoms with E-state index in [0.29, 0.717) is 50.1 Å². The fraction of sp³-hybridized carbons (Fsp3) is 0.474. The number of piperazine rings is 1. The van der Waals surface area contributed by atoms with Crippen LogP contribution in [0.3, 0.4) is 0 Å². The number of Topliss-reactive ketones (excluding diaryl/α,β-unsaturated/α-hetero) is 1. The third kappa shape index (κ3) is 4.09. The predicted molar refractivity (Wildman–Crippen MR) is 97.2 cm³/mol. The summed E-state index contributed by atoms with van der Waals surface area (Å²) in [5, 5.41) is 8.02. The first-order valence-electron chi connectivity index (χ1n) is 9.02. The molecule has 3 rings (SSSR count). The number of hydrogen-bond donors (Lipinski definition) is 0. The van der Waals surface area contributed by atoms with Gasteiger partial charge in [0, 0.05) is 51.0 Å². The molecule has 0 saturated carbocycles. The zero-order valence-corrected chi connectivity index (χ0v) is 15.3. The van der Waals surface area contributed by atoms with Crippen molar-refractivity contribution in [2.75, 3.05) is 31.1 Å². The maximum atomic E-state index is 12.4. The number of carbonyl (C=O) groups is 2. The maximum absolute atomic E-state index is 12.4. The molecule has 0 radical (unpaired) electrons. The van der Waals surface area contributed by atoms with Crippen molar-refractivity contribution in [3.05, 3.63) is 41.3 Å². The average Bonchev–Trinajstić information content (AvgIpc) is 3.15. The van der Waals surface area contributed by atoms with Crippen molar-refractivity contribution in [3.63, 3.8) is 0 Å². The number of aryl methyl sites for hydroxylation is 2. The normalized spacial score (nSPS) is 14.5. The molecule has 0 unspecified atom stereocenters. The van der Waals surface area contributed by atoms with Crippen LogP contribution in [0.15, 0.2) is 28.7 Å². The van der Waals surface area contributed by atoms with E-state index in [4.69, 9.17) is 4.42 Å². The molecular weight excluding hydrogens is 332 g/mol. The average molecular weight is 356 g/mol. The first-order chi connectivity index (χ1) is 12.6. The van der Waals surface area contributed by atoms with Crippen LogP contribution in [0.4, 0.5) is 6.01 Å². The molecule has 0 bridgehead atoms. The summed E-state index contributed by atoms with van der Waals surface area (Å²) in [5.41, 5.74) is 1.65. The molecule has 7 heteroatoms. The van der Waals surface area contributed by atoms with Gasteiger partial charge in [-0.2, -0.15) is 0 Å². The first kappa shape index (κ1) is 18.1. The van der Waals surface area contributed by atoms with Gasteiger partial charge in [-0.25, -0.2) is 0 Å². The molecule has 1 aliphatic heterocycles. The lowest BCUT2D eigenvalue weighted by molar-refractivity contribution is -0.131. The Balaban J connectivity index is 1.48. The van der Waals surface area contributed by atoms with Crippen LogP contribution in [0.25, 0.3) is 0 Å². The van der Waals surface area contributed by atoms with Crippen LogP contribution in [-0.4, -0.2) is 53.0 Å². The lowest BCUT2D eigenvalue weighted by Crippen LogP contribution is -2.49. The standard InChI is InChI=1S/C19H24N4O3/c1-3-17-20-21-19(26-17)23-12-10-22(11-13-23)18(25)9-8-16(24)15-7-5-4-6-14(15)2/h4-7H,3,8-13H2,1-2H3. The number of benzene rings is 1. The van der Waals surface area contributed by atoms with Crippen molar-refractivity contribution in [3.8, 4) is 0 Å². The van der Waals surface area contributed by atoms with Gasteiger partial charge in [-0.05, 0) is 12.5 Å². The predicted octanol–water partition coefficient (Wildman–Crippen LogP) is 2.25. The molecule has 1 aromatic heterocycles. The summed E-state index contributed by atoms with van der Waals surface area (Å²) >= 11 is 0. The molecule has 0 N–H and O–H groups in total. The summed E-state index contributed by atoms with van der Waals surface area (Å²) in [5.74, 6) is 0.660. The molecule has 0 spiro atoms. The number of rotatable bonds is 6. The summed E-state index contributed by atoms with van der Waals surface area (Å²) in [4.78, 5) is 28.5. The van der Waals surface area contributed by atoms with E-state index in [1.54, 1.807) is 4.90 Å². The van der Waals surface area contributed by atoms with E-state index in [0.717, 1.165) is 5.56 Å². The largest absolute Gasteiger partial charge is 0.408 e. The van der Waals surface area contributed by atoms with Crippen LogP contribution < -0.4 is 4.90 Å². The Kier molecular flexibility index (Phi) is 5.65. The van der Waals surface area contributed by atoms with E-state index in [1.807, 2.05) is 43.0 Å². The maximum Gasteiger partial charge on any atom is 0.318 e. The van der Waals surface area contributed by atoms with Crippen LogP contribution in [0.1, 0.15) is 41.6 Å². The van der Waals surface area contributed by atoms with Crippen molar-refractivity contribution >= 4 is 17.7 Å². The summed E-state index contributed by atoms with van der Waals surface area (Å²) in [6.07, 6.45) is 1.20. The van der Waals surface area contributed by atoms with Crippen molar-refractivity contribution in [1.29, 1.82) is 0 Å². The van der Waals surface area contributed by atoms with Crippen molar-refractivity contribution < 1.29 is 14.0 Å². The van der Waals surface area contributed by atoms with Gasteiger partial charge >= 0.3 is 6.01 Å². The molecule has 1 saturated heterocycles. The highest BCUT2D eigenvalue weighted by molar-refractivity contribution is 5.99. The zero-order valence-electron chi connectivity index (χ0n) is 15.3. The van der Waals surface area contributed by atoms with Gasteiger partial charge in [0.15, 0.2) is 5.78 Å². The Labute approximate surface area is 153 Å². The van der Waals surface area contributed by atoms with Crippen molar-refractivity contribution in [1.82, 2.24) is 15.1 Å². The molecule has 1 aromatic carbocycles. The molecule has 7 nitrogen and oxygen atoms in total. The minimum absolute atomic E-state index is 0.0198. The number of amides is 1. The molecule has 2 aromatic rings. The quantitative estimate of drug-likeness (QED) is 0.739. The molecule has 1 fully saturated rings. The van der Waals surface area contributed by atoms with Gasteiger partial charge in [-0.1, -0.05) is 36.3 Å². The molecule has 0 atom stereocenters. The topological polar surface area (TPSA) is 79.5 Å². The monoisotopic (exact) mass is 356 g/mol. The van der Waals surface area contributed by atoms with Gasteiger partial charge in [0.1, 0.15) is 0 Å². The first-order valence-corrected chi connectivity index (χ1v) is 9.02. The van der Waals surface area contributed by atoms with E-state index in [9.17, 15) is 9.59 Å². The van der Waals surface area contributed by atoms with Gasteiger partial charge in [-0.15, -0.1) is 5.10 Å². The molecule has 1 aliphatic rings. The van der Waals surface area contributed by atoms with E-state index in [2.05, 4.69) is 10.2 Å². The van der Waals surface area contributed by atoms with E-state index in [1.165, 1.54) is 0 Å². The summed E-state index contributed by atoms with van der Waals surface area (Å²) in [6, 6.07) is 8.00. The SMILES string of the molecule is CCc1nnc(N2CCN(C(=O)CCC(=O)c3ccccc3C)CC2)o1. The van der Waals surface area contributed by atoms with Crippen LogP contribution in [0, 0.1) is 6.92 Å². The Hall–Kier alpha value is -2.70. The Bertz CT molecular complexity index is 779. The lowest BCUT2D eigenvalue weighted by atomic mass is 10.0. The number of anilines is 1. The van der Waals surface area contributed by atoms with E-state index >= 15 is 0 Å². The number of carbonyl (C=O) groups excluding carboxylic acids is 2. The van der Waals surface area contributed by atoms with Gasteiger partial charge in [0.2, 0.25) is 11.8 Å². The molecule has 138 valence electrons. The second kappa shape index (κ2) is 8.12. The summed E-state index contributed by atoms with van der Waals surface area (Å²) < 4.78 is 5.56. The fourth-order valence-electron chi connectivity index (χ4n) is 3.06. The number of ketones is 1. The zero-order chi connectivity index (χ0) is 18.5. The fourth-order valence-corrected chi connectivity index (χ4v) is 3.06. The Morgan fingerprint density at radius 1 is 1.08 bits per heavy atom. The Morgan fingerprint density at radius 2 is 1.81 bits per heavy atom. The van der Waals surface area contributed by atoms with Crippen LogP contribution in [0.2, 0.25) is 0 Å². The summed E-state index contributed by atoms with van der Waals surface area (Å²) in [6.45, 7) is 6.38. The van der Waals surface area contributed by atoms with Gasteiger partial charge < -0.3 is 14.2 Å². The minimum atomic E-state index is 0.0198. The number of nitrogens with zero attached hydrogens (tertiary/aromatic N) is 4. The van der Waals surface area contributed by atoms with Crippen LogP contribution in [-0.2, 0) is 11.2 Å². The third-order valence-electron chi connectivity index (χ3n) is 4.67. The van der Waals surface area contributed by atoms with Gasteiger partial charge in [-0.3, -0.25) is 9.59 Å². The second-order valence-corrected chi connectivity index (χ2v) is 6.44. The highest BCUT2D eigenvalue weighted by Crippen LogP contribution is 2.16. The van der Waals surface area contributed by atoms with Crippen molar-refractivity contribution in [2.24, 2.45) is 0 Å². The van der Waals surface area contributed by atoms with Crippen molar-refractivity contribution in [2.45, 2.75) is 33.1 Å². The molecular formula is C19H24N4O3. The van der Waals surface area contributed by atoms with Gasteiger partial charge in [0.05, 0.1) is 0 Å². The van der Waals surface area contributed by atoms with E-state index in [-0.39, 0.29) is 24.5 Å². The molecule has 1 amide bonds. The van der Waals surface area contributed by atoms with Crippen LogP contribution in [0.5, 0.6) is 0 Å². The summed E-state index contributed by atoms with van der Waals surface area (Å²) in [7, 11) is 0. The van der Waals surface area contributed by atoms with Crippen LogP contribution >= 0.6 is 0 Å². The Morgan fingerprint density at radius 3 is 2.46 bits per heavy atom. The number of hydrogen-bond acceptors (Lipinski definition) is 6. The molecule has 2 heterocycles. The highest BCUT2D eigenvalue weighted by atomic mass is 16.4.